The molecule has 1 aliphatic carbocycles. The van der Waals surface area contributed by atoms with E-state index in [4.69, 9.17) is 9.97 Å². The number of benzene rings is 8. The number of nitrogens with zero attached hydrogens (tertiary/aromatic N) is 4. The minimum absolute atomic E-state index is 0.768. The summed E-state index contributed by atoms with van der Waals surface area (Å²) in [5.41, 5.74) is 19.3. The normalized spacial score (nSPS) is 12.9. The molecule has 0 amide bonds. The zero-order valence-electron chi connectivity index (χ0n) is 36.1. The molecule has 4 aromatic heterocycles. The third-order valence-electron chi connectivity index (χ3n) is 14.1. The van der Waals surface area contributed by atoms with Gasteiger partial charge in [-0.05, 0) is 105 Å². The first-order chi connectivity index (χ1) is 32.0. The number of fused-ring (bicyclic) bond motifs is 9. The van der Waals surface area contributed by atoms with Gasteiger partial charge in [-0.2, -0.15) is 0 Å². The molecule has 8 aromatic carbocycles. The molecule has 1 aliphatic rings. The van der Waals surface area contributed by atoms with Crippen molar-refractivity contribution in [3.05, 3.63) is 241 Å². The van der Waals surface area contributed by atoms with Crippen LogP contribution in [0.25, 0.3) is 99.8 Å². The van der Waals surface area contributed by atoms with E-state index < -0.39 is 5.41 Å². The van der Waals surface area contributed by atoms with Gasteiger partial charge in [-0.3, -0.25) is 0 Å². The lowest BCUT2D eigenvalue weighted by molar-refractivity contribution is 0.767. The van der Waals surface area contributed by atoms with Crippen molar-refractivity contribution in [1.82, 2.24) is 19.1 Å². The van der Waals surface area contributed by atoms with E-state index in [0.717, 1.165) is 45.0 Å². The highest BCUT2D eigenvalue weighted by Crippen LogP contribution is 2.57. The second-order valence-corrected chi connectivity index (χ2v) is 17.4. The first kappa shape index (κ1) is 37.2. The van der Waals surface area contributed by atoms with Gasteiger partial charge in [0.25, 0.3) is 0 Å². The van der Waals surface area contributed by atoms with Gasteiger partial charge in [0.1, 0.15) is 0 Å². The zero-order chi connectivity index (χ0) is 43.2. The summed E-state index contributed by atoms with van der Waals surface area (Å²) in [5, 5.41) is 4.89. The summed E-state index contributed by atoms with van der Waals surface area (Å²) < 4.78 is 4.67. The molecule has 12 aromatic rings. The summed E-state index contributed by atoms with van der Waals surface area (Å²) in [6, 6.07) is 79.5. The van der Waals surface area contributed by atoms with E-state index in [1.165, 1.54) is 77.0 Å². The van der Waals surface area contributed by atoms with E-state index in [1.807, 2.05) is 0 Å². The monoisotopic (exact) mass is 830 g/mol. The summed E-state index contributed by atoms with van der Waals surface area (Å²) in [6.07, 6.45) is 0. The topological polar surface area (TPSA) is 35.6 Å². The Balaban J connectivity index is 1.14. The van der Waals surface area contributed by atoms with Crippen molar-refractivity contribution in [3.63, 3.8) is 0 Å². The van der Waals surface area contributed by atoms with Crippen molar-refractivity contribution < 1.29 is 0 Å². The molecule has 0 saturated carbocycles. The molecule has 0 unspecified atom stereocenters. The molecular weight excluding hydrogens is 789 g/mol. The van der Waals surface area contributed by atoms with Crippen molar-refractivity contribution in [2.24, 2.45) is 14.1 Å². The third-order valence-corrected chi connectivity index (χ3v) is 14.1. The van der Waals surface area contributed by atoms with E-state index in [0.29, 0.717) is 0 Å². The fourth-order valence-electron chi connectivity index (χ4n) is 10.9. The van der Waals surface area contributed by atoms with Crippen LogP contribution in [0.3, 0.4) is 0 Å². The highest BCUT2D eigenvalue weighted by Gasteiger charge is 2.48. The number of pyridine rings is 2. The van der Waals surface area contributed by atoms with Crippen LogP contribution in [0.4, 0.5) is 0 Å². The molecule has 0 radical (unpaired) electrons. The highest BCUT2D eigenvalue weighted by atomic mass is 14.9. The molecule has 4 heteroatoms. The van der Waals surface area contributed by atoms with Crippen LogP contribution in [-0.2, 0) is 19.5 Å². The molecule has 306 valence electrons. The Morgan fingerprint density at radius 2 is 0.646 bits per heavy atom. The molecule has 0 fully saturated rings. The maximum absolute atomic E-state index is 5.60. The molecule has 13 rings (SSSR count). The van der Waals surface area contributed by atoms with Crippen LogP contribution in [0.15, 0.2) is 218 Å². The lowest BCUT2D eigenvalue weighted by Crippen LogP contribution is -2.28. The quantitative estimate of drug-likeness (QED) is 0.167. The molecule has 4 nitrogen and oxygen atoms in total. The molecule has 0 bridgehead atoms. The first-order valence-corrected chi connectivity index (χ1v) is 22.3. The van der Waals surface area contributed by atoms with Gasteiger partial charge in [0.15, 0.2) is 0 Å². The van der Waals surface area contributed by atoms with E-state index in [9.17, 15) is 0 Å². The van der Waals surface area contributed by atoms with Gasteiger partial charge in [0.05, 0.1) is 28.2 Å². The Bertz CT molecular complexity index is 3570. The fraction of sp³-hybridized carbons (Fsp3) is 0.0492. The van der Waals surface area contributed by atoms with Gasteiger partial charge in [0, 0.05) is 68.8 Å². The third kappa shape index (κ3) is 5.57. The molecule has 4 heterocycles. The van der Waals surface area contributed by atoms with E-state index in [1.54, 1.807) is 0 Å². The Kier molecular flexibility index (Phi) is 8.22. The fourth-order valence-corrected chi connectivity index (χ4v) is 10.9. The van der Waals surface area contributed by atoms with Crippen molar-refractivity contribution in [1.29, 1.82) is 0 Å². The Hall–Kier alpha value is -8.34. The average Bonchev–Trinajstić information content (AvgIpc) is 3.95. The van der Waals surface area contributed by atoms with Crippen LogP contribution in [-0.4, -0.2) is 19.1 Å². The van der Waals surface area contributed by atoms with Gasteiger partial charge < -0.3 is 9.13 Å². The van der Waals surface area contributed by atoms with Crippen molar-refractivity contribution in [2.75, 3.05) is 0 Å². The average molecular weight is 831 g/mol. The molecule has 65 heavy (non-hydrogen) atoms. The molecule has 0 saturated heterocycles. The van der Waals surface area contributed by atoms with Crippen LogP contribution >= 0.6 is 0 Å². The summed E-state index contributed by atoms with van der Waals surface area (Å²) in [4.78, 5) is 11.2. The number of rotatable bonds is 6. The number of hydrogen-bond acceptors (Lipinski definition) is 2. The SMILES string of the molecule is Cn1c2ccc(-c3ccccc3)cc2c2cc(C3(c4ccc5c(c4)c4cc(-c6ccccc6)ccc4n5C)c4ccc(-c5ccccc5)nc4-c4nc(-c5ccccc5)ccc43)ccc21. The molecule has 0 atom stereocenters. The van der Waals surface area contributed by atoms with Crippen LogP contribution in [0.5, 0.6) is 0 Å². The van der Waals surface area contributed by atoms with Gasteiger partial charge in [-0.15, -0.1) is 0 Å². The smallest absolute Gasteiger partial charge is 0.0945 e. The predicted molar refractivity (Wildman–Crippen MR) is 269 cm³/mol. The zero-order valence-corrected chi connectivity index (χ0v) is 36.1. The van der Waals surface area contributed by atoms with Crippen LogP contribution < -0.4 is 0 Å². The van der Waals surface area contributed by atoms with Crippen LogP contribution in [0.1, 0.15) is 22.3 Å². The second-order valence-electron chi connectivity index (χ2n) is 17.4. The Morgan fingerprint density at radius 3 is 1.03 bits per heavy atom. The molecule has 0 N–H and O–H groups in total. The Morgan fingerprint density at radius 1 is 0.308 bits per heavy atom. The highest BCUT2D eigenvalue weighted by molar-refractivity contribution is 6.11. The van der Waals surface area contributed by atoms with Gasteiger partial charge in [-0.1, -0.05) is 158 Å². The van der Waals surface area contributed by atoms with E-state index in [2.05, 4.69) is 242 Å². The summed E-state index contributed by atoms with van der Waals surface area (Å²) in [7, 11) is 4.37. The van der Waals surface area contributed by atoms with Crippen molar-refractivity contribution in [2.45, 2.75) is 5.41 Å². The lowest BCUT2D eigenvalue weighted by Gasteiger charge is -2.33. The standard InChI is InChI=1S/C61H42N4/c1-64-55-31-23-43(39-15-7-3-8-16-39)35-47(55)49-37-45(25-33-57(49)64)61(46-26-34-58-50(38-46)48-36-44(24-32-56(48)65(58)2)40-17-9-4-10-18-40)51-27-29-53(41-19-11-5-12-20-41)62-59(51)60-52(61)28-30-54(63-60)42-21-13-6-14-22-42/h3-38H,1-2H3. The predicted octanol–water partition coefficient (Wildman–Crippen LogP) is 14.8. The first-order valence-electron chi connectivity index (χ1n) is 22.3. The molecule has 0 aliphatic heterocycles. The largest absolute Gasteiger partial charge is 0.344 e. The van der Waals surface area contributed by atoms with Gasteiger partial charge >= 0.3 is 0 Å². The lowest BCUT2D eigenvalue weighted by atomic mass is 9.67. The van der Waals surface area contributed by atoms with E-state index in [-0.39, 0.29) is 0 Å². The maximum atomic E-state index is 5.60. The maximum Gasteiger partial charge on any atom is 0.0945 e. The van der Waals surface area contributed by atoms with Gasteiger partial charge in [0.2, 0.25) is 0 Å². The minimum atomic E-state index is -0.768. The number of hydrogen-bond donors (Lipinski definition) is 0. The summed E-state index contributed by atoms with van der Waals surface area (Å²) in [5.74, 6) is 0. The van der Waals surface area contributed by atoms with Crippen molar-refractivity contribution >= 4 is 43.6 Å². The molecule has 0 spiro atoms. The van der Waals surface area contributed by atoms with Crippen LogP contribution in [0, 0.1) is 0 Å². The van der Waals surface area contributed by atoms with Crippen LogP contribution in [0.2, 0.25) is 0 Å². The Labute approximate surface area is 377 Å². The van der Waals surface area contributed by atoms with E-state index >= 15 is 0 Å². The van der Waals surface area contributed by atoms with Gasteiger partial charge in [-0.25, -0.2) is 9.97 Å². The summed E-state index contributed by atoms with van der Waals surface area (Å²) >= 11 is 0. The van der Waals surface area contributed by atoms with Crippen molar-refractivity contribution in [3.8, 4) is 56.2 Å². The number of aromatic nitrogens is 4. The number of aryl methyl sites for hydroxylation is 2. The second kappa shape index (κ2) is 14.3. The summed E-state index contributed by atoms with van der Waals surface area (Å²) in [6.45, 7) is 0. The minimum Gasteiger partial charge on any atom is -0.344 e. The molecular formula is C61H42N4.